The van der Waals surface area contributed by atoms with Gasteiger partial charge in [0.1, 0.15) is 0 Å². The minimum Gasteiger partial charge on any atom is -0.356 e. The van der Waals surface area contributed by atoms with Crippen molar-refractivity contribution in [2.24, 2.45) is 0 Å². The van der Waals surface area contributed by atoms with Gasteiger partial charge in [0.25, 0.3) is 0 Å². The van der Waals surface area contributed by atoms with Crippen LogP contribution in [0.15, 0.2) is 29.2 Å². The van der Waals surface area contributed by atoms with Crippen LogP contribution in [0.1, 0.15) is 5.56 Å². The van der Waals surface area contributed by atoms with Gasteiger partial charge in [-0.2, -0.15) is 4.31 Å². The molecule has 19 heavy (non-hydrogen) atoms. The van der Waals surface area contributed by atoms with Gasteiger partial charge in [-0.05, 0) is 19.1 Å². The third kappa shape index (κ3) is 3.17. The Morgan fingerprint density at radius 1 is 1.26 bits per heavy atom. The predicted octanol–water partition coefficient (Wildman–Crippen LogP) is 2.71. The molecule has 1 heterocycles. The highest BCUT2D eigenvalue weighted by molar-refractivity contribution is 7.89. The van der Waals surface area contributed by atoms with Crippen molar-refractivity contribution in [2.45, 2.75) is 21.8 Å². The third-order valence-electron chi connectivity index (χ3n) is 2.76. The number of halogens is 3. The lowest BCUT2D eigenvalue weighted by Crippen LogP contribution is -2.43. The molecule has 0 radical (unpaired) electrons. The van der Waals surface area contributed by atoms with Crippen LogP contribution in [-0.2, 0) is 14.8 Å². The molecule has 1 aromatic carbocycles. The molecule has 4 nitrogen and oxygen atoms in total. The molecule has 0 bridgehead atoms. The van der Waals surface area contributed by atoms with Crippen LogP contribution in [0.5, 0.6) is 0 Å². The Labute approximate surface area is 127 Å². The summed E-state index contributed by atoms with van der Waals surface area (Å²) in [7, 11) is -3.73. The van der Waals surface area contributed by atoms with Crippen LogP contribution in [0, 0.1) is 6.92 Å². The lowest BCUT2D eigenvalue weighted by molar-refractivity contribution is 0.0719. The van der Waals surface area contributed by atoms with Gasteiger partial charge in [-0.25, -0.2) is 8.42 Å². The van der Waals surface area contributed by atoms with E-state index in [4.69, 9.17) is 39.5 Å². The average molecular weight is 345 g/mol. The molecule has 0 unspecified atom stereocenters. The van der Waals surface area contributed by atoms with Crippen molar-refractivity contribution in [3.63, 3.8) is 0 Å². The van der Waals surface area contributed by atoms with Gasteiger partial charge in [-0.15, -0.1) is 0 Å². The van der Waals surface area contributed by atoms with Crippen LogP contribution >= 0.6 is 34.8 Å². The molecule has 1 fully saturated rings. The Balaban J connectivity index is 2.37. The number of nitrogens with zero attached hydrogens (tertiary/aromatic N) is 1. The molecule has 0 aliphatic carbocycles. The second-order valence-corrected chi connectivity index (χ2v) is 8.45. The molecule has 106 valence electrons. The smallest absolute Gasteiger partial charge is 0.245 e. The van der Waals surface area contributed by atoms with Crippen molar-refractivity contribution in [3.05, 3.63) is 29.8 Å². The number of benzene rings is 1. The molecule has 0 N–H and O–H groups in total. The minimum atomic E-state index is -3.73. The molecular weight excluding hydrogens is 333 g/mol. The first-order valence-electron chi connectivity index (χ1n) is 5.50. The molecule has 1 aliphatic heterocycles. The van der Waals surface area contributed by atoms with Gasteiger partial charge >= 0.3 is 0 Å². The standard InChI is InChI=1S/C11H12Cl3NO3S/c1-8-2-4-9(5-3-8)19(16,17)15-6-7-18-10(15)11(12,13)14/h2-5,10H,6-7H2,1H3/t10-/m1/s1. The second-order valence-electron chi connectivity index (χ2n) is 4.19. The summed E-state index contributed by atoms with van der Waals surface area (Å²) in [6, 6.07) is 6.49. The van der Waals surface area contributed by atoms with Crippen molar-refractivity contribution in [3.8, 4) is 0 Å². The summed E-state index contributed by atoms with van der Waals surface area (Å²) in [6.45, 7) is 2.23. The lowest BCUT2D eigenvalue weighted by Gasteiger charge is -2.27. The maximum absolute atomic E-state index is 12.5. The zero-order chi connectivity index (χ0) is 14.3. The second kappa shape index (κ2) is 5.39. The van der Waals surface area contributed by atoms with E-state index in [0.717, 1.165) is 9.87 Å². The monoisotopic (exact) mass is 343 g/mol. The van der Waals surface area contributed by atoms with Crippen LogP contribution in [0.2, 0.25) is 0 Å². The molecular formula is C11H12Cl3NO3S. The molecule has 0 saturated carbocycles. The molecule has 0 spiro atoms. The molecule has 1 aromatic rings. The fourth-order valence-corrected chi connectivity index (χ4v) is 4.06. The maximum atomic E-state index is 12.5. The first kappa shape index (κ1) is 15.4. The number of aryl methyl sites for hydroxylation is 1. The fraction of sp³-hybridized carbons (Fsp3) is 0.455. The summed E-state index contributed by atoms with van der Waals surface area (Å²) >= 11 is 17.3. The highest BCUT2D eigenvalue weighted by atomic mass is 35.6. The zero-order valence-corrected chi connectivity index (χ0v) is 13.1. The van der Waals surface area contributed by atoms with Gasteiger partial charge in [0.05, 0.1) is 11.5 Å². The van der Waals surface area contributed by atoms with E-state index in [1.54, 1.807) is 12.1 Å². The number of sulfonamides is 1. The average Bonchev–Trinajstić information content (AvgIpc) is 2.78. The van der Waals surface area contributed by atoms with E-state index in [9.17, 15) is 8.42 Å². The van der Waals surface area contributed by atoms with Gasteiger partial charge in [-0.3, -0.25) is 0 Å². The summed E-state index contributed by atoms with van der Waals surface area (Å²) in [5.74, 6) is 0. The van der Waals surface area contributed by atoms with Gasteiger partial charge in [0, 0.05) is 6.54 Å². The lowest BCUT2D eigenvalue weighted by atomic mass is 10.2. The van der Waals surface area contributed by atoms with Crippen molar-refractivity contribution in [2.75, 3.05) is 13.2 Å². The van der Waals surface area contributed by atoms with E-state index in [1.807, 2.05) is 6.92 Å². The Hall–Kier alpha value is -0.0400. The van der Waals surface area contributed by atoms with E-state index in [2.05, 4.69) is 0 Å². The van der Waals surface area contributed by atoms with Gasteiger partial charge in [0.2, 0.25) is 13.8 Å². The Morgan fingerprint density at radius 3 is 2.37 bits per heavy atom. The van der Waals surface area contributed by atoms with E-state index in [1.165, 1.54) is 12.1 Å². The number of alkyl halides is 3. The molecule has 1 aliphatic rings. The van der Waals surface area contributed by atoms with Crippen LogP contribution in [0.3, 0.4) is 0 Å². The summed E-state index contributed by atoms with van der Waals surface area (Å²) in [4.78, 5) is 0.155. The Morgan fingerprint density at radius 2 is 1.84 bits per heavy atom. The molecule has 0 aromatic heterocycles. The predicted molar refractivity (Wildman–Crippen MR) is 75.1 cm³/mol. The number of rotatable bonds is 2. The molecule has 2 rings (SSSR count). The van der Waals surface area contributed by atoms with Crippen LogP contribution in [0.25, 0.3) is 0 Å². The number of hydrogen-bond donors (Lipinski definition) is 0. The maximum Gasteiger partial charge on any atom is 0.245 e. The summed E-state index contributed by atoms with van der Waals surface area (Å²) < 4.78 is 29.4. The Kier molecular flexibility index (Phi) is 4.35. The minimum absolute atomic E-state index is 0.155. The van der Waals surface area contributed by atoms with Crippen molar-refractivity contribution in [1.82, 2.24) is 4.31 Å². The van der Waals surface area contributed by atoms with E-state index in [-0.39, 0.29) is 18.0 Å². The normalized spacial score (nSPS) is 21.8. The topological polar surface area (TPSA) is 46.6 Å². The number of ether oxygens (including phenoxy) is 1. The van der Waals surface area contributed by atoms with Gasteiger partial charge < -0.3 is 4.74 Å². The third-order valence-corrected chi connectivity index (χ3v) is 5.18. The quantitative estimate of drug-likeness (QED) is 0.775. The van der Waals surface area contributed by atoms with E-state index in [0.29, 0.717) is 0 Å². The SMILES string of the molecule is Cc1ccc(S(=O)(=O)N2CCO[C@@H]2C(Cl)(Cl)Cl)cc1. The Bertz CT molecular complexity index is 554. The van der Waals surface area contributed by atoms with Crippen LogP contribution < -0.4 is 0 Å². The first-order chi connectivity index (χ1) is 8.73. The highest BCUT2D eigenvalue weighted by Gasteiger charge is 2.47. The number of hydrogen-bond acceptors (Lipinski definition) is 3. The fourth-order valence-electron chi connectivity index (χ4n) is 1.80. The molecule has 8 heteroatoms. The summed E-state index contributed by atoms with van der Waals surface area (Å²) in [5, 5.41) is 0. The first-order valence-corrected chi connectivity index (χ1v) is 8.07. The van der Waals surface area contributed by atoms with Crippen LogP contribution in [0.4, 0.5) is 0 Å². The van der Waals surface area contributed by atoms with E-state index < -0.39 is 20.0 Å². The highest BCUT2D eigenvalue weighted by Crippen LogP contribution is 2.38. The largest absolute Gasteiger partial charge is 0.356 e. The molecule has 1 saturated heterocycles. The van der Waals surface area contributed by atoms with Crippen molar-refractivity contribution in [1.29, 1.82) is 0 Å². The molecule has 1 atom stereocenters. The van der Waals surface area contributed by atoms with Crippen LogP contribution in [-0.4, -0.2) is 35.9 Å². The molecule has 0 amide bonds. The van der Waals surface area contributed by atoms with Crippen molar-refractivity contribution < 1.29 is 13.2 Å². The van der Waals surface area contributed by atoms with Gasteiger partial charge in [0.15, 0.2) is 6.23 Å². The van der Waals surface area contributed by atoms with Gasteiger partial charge in [-0.1, -0.05) is 52.5 Å². The summed E-state index contributed by atoms with van der Waals surface area (Å²) in [5.41, 5.74) is 0.967. The van der Waals surface area contributed by atoms with Crippen molar-refractivity contribution >= 4 is 44.8 Å². The summed E-state index contributed by atoms with van der Waals surface area (Å²) in [6.07, 6.45) is -1.11. The van der Waals surface area contributed by atoms with E-state index >= 15 is 0 Å². The zero-order valence-electron chi connectivity index (χ0n) is 10.0.